The van der Waals surface area contributed by atoms with Crippen molar-refractivity contribution in [2.75, 3.05) is 33.3 Å². The van der Waals surface area contributed by atoms with Gasteiger partial charge in [-0.2, -0.15) is 0 Å². The number of carbonyl (C=O) groups is 3. The molecular weight excluding hydrogens is 392 g/mol. The summed E-state index contributed by atoms with van der Waals surface area (Å²) in [5.74, 6) is -0.0206. The highest BCUT2D eigenvalue weighted by Gasteiger charge is 2.37. The van der Waals surface area contributed by atoms with Crippen LogP contribution >= 0.6 is 0 Å². The minimum Gasteiger partial charge on any atom is -0.497 e. The van der Waals surface area contributed by atoms with E-state index in [1.807, 2.05) is 0 Å². The smallest absolute Gasteiger partial charge is 0.335 e. The van der Waals surface area contributed by atoms with Crippen molar-refractivity contribution in [3.05, 3.63) is 47.5 Å². The zero-order valence-corrected chi connectivity index (χ0v) is 16.8. The number of methoxy groups -OCH3 is 4. The first kappa shape index (κ1) is 20.7. The Balaban J connectivity index is 2.06. The molecule has 3 rings (SSSR count). The Kier molecular flexibility index (Phi) is 5.91. The van der Waals surface area contributed by atoms with Crippen molar-refractivity contribution in [1.82, 2.24) is 5.32 Å². The normalized spacial score (nSPS) is 15.1. The lowest BCUT2D eigenvalue weighted by Gasteiger charge is -2.26. The van der Waals surface area contributed by atoms with Crippen LogP contribution in [0.2, 0.25) is 0 Å². The van der Waals surface area contributed by atoms with Crippen molar-refractivity contribution in [3.8, 4) is 23.0 Å². The summed E-state index contributed by atoms with van der Waals surface area (Å²) in [4.78, 5) is 38.6. The molecule has 1 heterocycles. The molecule has 156 valence electrons. The number of nitrogens with one attached hydrogen (secondary N) is 1. The molecule has 1 fully saturated rings. The van der Waals surface area contributed by atoms with Gasteiger partial charge in [-0.15, -0.1) is 0 Å². The Morgan fingerprint density at radius 1 is 0.800 bits per heavy atom. The molecule has 1 saturated heterocycles. The van der Waals surface area contributed by atoms with E-state index in [-0.39, 0.29) is 17.0 Å². The van der Waals surface area contributed by atoms with E-state index in [1.165, 1.54) is 34.5 Å². The summed E-state index contributed by atoms with van der Waals surface area (Å²) in [6.07, 6.45) is 1.33. The van der Waals surface area contributed by atoms with Crippen LogP contribution in [0.5, 0.6) is 23.0 Å². The van der Waals surface area contributed by atoms with E-state index in [2.05, 4.69) is 5.32 Å². The van der Waals surface area contributed by atoms with Crippen LogP contribution in [0.25, 0.3) is 6.08 Å². The van der Waals surface area contributed by atoms with E-state index in [0.717, 1.165) is 4.90 Å². The van der Waals surface area contributed by atoms with E-state index in [1.54, 1.807) is 36.4 Å². The van der Waals surface area contributed by atoms with Crippen LogP contribution < -0.4 is 29.2 Å². The number of benzene rings is 2. The van der Waals surface area contributed by atoms with Crippen molar-refractivity contribution in [3.63, 3.8) is 0 Å². The molecule has 2 aromatic rings. The summed E-state index contributed by atoms with van der Waals surface area (Å²) in [6, 6.07) is 8.68. The van der Waals surface area contributed by atoms with Gasteiger partial charge in [0.1, 0.15) is 11.3 Å². The molecule has 0 radical (unpaired) electrons. The van der Waals surface area contributed by atoms with Crippen molar-refractivity contribution < 1.29 is 33.3 Å². The lowest BCUT2D eigenvalue weighted by atomic mass is 10.0. The third kappa shape index (κ3) is 3.64. The van der Waals surface area contributed by atoms with E-state index in [9.17, 15) is 14.4 Å². The van der Waals surface area contributed by atoms with Crippen molar-refractivity contribution >= 4 is 29.6 Å². The molecule has 0 aromatic heterocycles. The highest BCUT2D eigenvalue weighted by atomic mass is 16.5. The van der Waals surface area contributed by atoms with Crippen molar-refractivity contribution in [2.45, 2.75) is 0 Å². The van der Waals surface area contributed by atoms with Crippen LogP contribution in [0, 0.1) is 0 Å². The van der Waals surface area contributed by atoms with E-state index in [4.69, 9.17) is 18.9 Å². The number of anilines is 1. The lowest BCUT2D eigenvalue weighted by Crippen LogP contribution is -2.54. The second-order valence-corrected chi connectivity index (χ2v) is 6.08. The van der Waals surface area contributed by atoms with Gasteiger partial charge in [-0.1, -0.05) is 0 Å². The molecule has 0 bridgehead atoms. The Bertz CT molecular complexity index is 1030. The van der Waals surface area contributed by atoms with Gasteiger partial charge in [0.05, 0.1) is 34.1 Å². The fraction of sp³-hybridized carbons (Fsp3) is 0.190. The number of rotatable bonds is 6. The van der Waals surface area contributed by atoms with Gasteiger partial charge in [-0.05, 0) is 42.5 Å². The summed E-state index contributed by atoms with van der Waals surface area (Å²) in [5.41, 5.74) is 0.449. The largest absolute Gasteiger partial charge is 0.497 e. The number of urea groups is 1. The third-order valence-electron chi connectivity index (χ3n) is 4.47. The van der Waals surface area contributed by atoms with Crippen molar-refractivity contribution in [1.29, 1.82) is 0 Å². The maximum atomic E-state index is 13.0. The van der Waals surface area contributed by atoms with Crippen LogP contribution in [-0.4, -0.2) is 46.3 Å². The summed E-state index contributed by atoms with van der Waals surface area (Å²) >= 11 is 0. The molecule has 9 nitrogen and oxygen atoms in total. The average Bonchev–Trinajstić information content (AvgIpc) is 2.76. The topological polar surface area (TPSA) is 103 Å². The molecular formula is C21H20N2O7. The molecule has 9 heteroatoms. The highest BCUT2D eigenvalue weighted by molar-refractivity contribution is 6.39. The quantitative estimate of drug-likeness (QED) is 0.574. The Hall–Kier alpha value is -4.01. The van der Waals surface area contributed by atoms with Crippen LogP contribution in [0.15, 0.2) is 42.0 Å². The molecule has 2 aromatic carbocycles. The SMILES string of the molecule is COc1ccc(N2C(=O)NC(=O)/C(=C/c3ccc(OC)c(OC)c3OC)C2=O)cc1. The van der Waals surface area contributed by atoms with Crippen LogP contribution in [0.3, 0.4) is 0 Å². The number of hydrogen-bond acceptors (Lipinski definition) is 7. The van der Waals surface area contributed by atoms with Crippen molar-refractivity contribution in [2.24, 2.45) is 0 Å². The second kappa shape index (κ2) is 8.56. The van der Waals surface area contributed by atoms with Gasteiger partial charge >= 0.3 is 6.03 Å². The monoisotopic (exact) mass is 412 g/mol. The summed E-state index contributed by atoms with van der Waals surface area (Å²) in [5, 5.41) is 2.18. The van der Waals surface area contributed by atoms with Gasteiger partial charge in [0.25, 0.3) is 11.8 Å². The highest BCUT2D eigenvalue weighted by Crippen LogP contribution is 2.40. The van der Waals surface area contributed by atoms with Gasteiger partial charge in [-0.25, -0.2) is 9.69 Å². The molecule has 4 amide bonds. The fourth-order valence-corrected chi connectivity index (χ4v) is 3.02. The predicted octanol–water partition coefficient (Wildman–Crippen LogP) is 2.39. The molecule has 0 unspecified atom stereocenters. The number of nitrogens with zero attached hydrogens (tertiary/aromatic N) is 1. The minimum absolute atomic E-state index is 0.240. The summed E-state index contributed by atoms with van der Waals surface area (Å²) < 4.78 is 21.0. The van der Waals surface area contributed by atoms with Crippen LogP contribution in [-0.2, 0) is 9.59 Å². The van der Waals surface area contributed by atoms with E-state index in [0.29, 0.717) is 22.8 Å². The summed E-state index contributed by atoms with van der Waals surface area (Å²) in [7, 11) is 5.85. The first-order valence-corrected chi connectivity index (χ1v) is 8.79. The van der Waals surface area contributed by atoms with Crippen LogP contribution in [0.1, 0.15) is 5.56 Å². The standard InChI is InChI=1S/C21H20N2O7/c1-27-14-8-6-13(7-9-14)23-20(25)15(19(24)22-21(23)26)11-12-5-10-16(28-2)18(30-4)17(12)29-3/h5-11H,1-4H3,(H,22,24,26)/b15-11-. The molecule has 1 N–H and O–H groups in total. The zero-order chi connectivity index (χ0) is 21.8. The molecule has 0 spiro atoms. The number of hydrogen-bond donors (Lipinski definition) is 1. The summed E-state index contributed by atoms with van der Waals surface area (Å²) in [6.45, 7) is 0. The molecule has 30 heavy (non-hydrogen) atoms. The second-order valence-electron chi connectivity index (χ2n) is 6.08. The number of carbonyl (C=O) groups excluding carboxylic acids is 3. The first-order valence-electron chi connectivity index (χ1n) is 8.79. The zero-order valence-electron chi connectivity index (χ0n) is 16.8. The Labute approximate surface area is 172 Å². The Morgan fingerprint density at radius 2 is 1.47 bits per heavy atom. The van der Waals surface area contributed by atoms with E-state index < -0.39 is 17.8 Å². The number of barbiturate groups is 1. The molecule has 0 aliphatic carbocycles. The number of amides is 4. The average molecular weight is 412 g/mol. The van der Waals surface area contributed by atoms with Gasteiger partial charge in [0, 0.05) is 5.56 Å². The van der Waals surface area contributed by atoms with Gasteiger partial charge in [-0.3, -0.25) is 14.9 Å². The predicted molar refractivity (Wildman–Crippen MR) is 108 cm³/mol. The fourth-order valence-electron chi connectivity index (χ4n) is 3.02. The van der Waals surface area contributed by atoms with E-state index >= 15 is 0 Å². The van der Waals surface area contributed by atoms with Gasteiger partial charge < -0.3 is 18.9 Å². The van der Waals surface area contributed by atoms with Crippen LogP contribution in [0.4, 0.5) is 10.5 Å². The number of imide groups is 2. The number of ether oxygens (including phenoxy) is 4. The minimum atomic E-state index is -0.841. The third-order valence-corrected chi connectivity index (χ3v) is 4.47. The molecule has 0 atom stereocenters. The lowest BCUT2D eigenvalue weighted by molar-refractivity contribution is -0.122. The molecule has 0 saturated carbocycles. The Morgan fingerprint density at radius 3 is 2.03 bits per heavy atom. The maximum absolute atomic E-state index is 13.0. The molecule has 1 aliphatic heterocycles. The first-order chi connectivity index (χ1) is 14.4. The molecule has 1 aliphatic rings. The van der Waals surface area contributed by atoms with Gasteiger partial charge in [0.2, 0.25) is 5.75 Å². The van der Waals surface area contributed by atoms with Gasteiger partial charge in [0.15, 0.2) is 11.5 Å². The maximum Gasteiger partial charge on any atom is 0.335 e.